The molecule has 1 unspecified atom stereocenters. The molecule has 1 aromatic rings. The van der Waals surface area contributed by atoms with E-state index in [0.29, 0.717) is 18.7 Å². The van der Waals surface area contributed by atoms with E-state index in [9.17, 15) is 9.18 Å². The van der Waals surface area contributed by atoms with E-state index in [1.807, 2.05) is 0 Å². The zero-order chi connectivity index (χ0) is 13.2. The van der Waals surface area contributed by atoms with Crippen LogP contribution in [0.3, 0.4) is 0 Å². The molecule has 1 atom stereocenters. The Morgan fingerprint density at radius 3 is 2.74 bits per heavy atom. The number of nitrogens with zero attached hydrogens (tertiary/aromatic N) is 1. The molecule has 0 N–H and O–H groups in total. The number of ether oxygens (including phenoxy) is 1. The minimum atomic E-state index is -0.313. The number of hydrogen-bond donors (Lipinski definition) is 0. The van der Waals surface area contributed by atoms with Crippen molar-refractivity contribution in [3.05, 3.63) is 35.6 Å². The van der Waals surface area contributed by atoms with Gasteiger partial charge in [0.2, 0.25) is 0 Å². The van der Waals surface area contributed by atoms with Crippen molar-refractivity contribution in [2.24, 2.45) is 0 Å². The van der Waals surface area contributed by atoms with E-state index in [4.69, 9.17) is 4.74 Å². The first-order chi connectivity index (χ1) is 9.25. The zero-order valence-corrected chi connectivity index (χ0v) is 10.8. The van der Waals surface area contributed by atoms with E-state index >= 15 is 0 Å². The molecule has 0 bridgehead atoms. The van der Waals surface area contributed by atoms with Crippen LogP contribution in [0, 0.1) is 5.82 Å². The molecule has 1 amide bonds. The summed E-state index contributed by atoms with van der Waals surface area (Å²) in [4.78, 5) is 14.2. The lowest BCUT2D eigenvalue weighted by atomic mass is 10.1. The molecular weight excluding hydrogens is 245 g/mol. The molecule has 1 aliphatic heterocycles. The van der Waals surface area contributed by atoms with Gasteiger partial charge in [-0.1, -0.05) is 18.2 Å². The minimum absolute atomic E-state index is 0.0308. The molecule has 3 rings (SSSR count). The van der Waals surface area contributed by atoms with Crippen LogP contribution in [0.25, 0.3) is 0 Å². The Morgan fingerprint density at radius 1 is 1.32 bits per heavy atom. The van der Waals surface area contributed by atoms with Gasteiger partial charge >= 0.3 is 0 Å². The third-order valence-corrected chi connectivity index (χ3v) is 3.77. The van der Waals surface area contributed by atoms with Crippen LogP contribution in [-0.2, 0) is 16.1 Å². The summed E-state index contributed by atoms with van der Waals surface area (Å²) in [6.45, 7) is 1.02. The highest BCUT2D eigenvalue weighted by molar-refractivity contribution is 5.81. The van der Waals surface area contributed by atoms with Crippen LogP contribution >= 0.6 is 0 Å². The van der Waals surface area contributed by atoms with E-state index in [0.717, 1.165) is 25.7 Å². The second-order valence-corrected chi connectivity index (χ2v) is 5.29. The first kappa shape index (κ1) is 12.6. The average molecular weight is 263 g/mol. The van der Waals surface area contributed by atoms with Crippen LogP contribution in [-0.4, -0.2) is 29.6 Å². The van der Waals surface area contributed by atoms with E-state index in [2.05, 4.69) is 0 Å². The van der Waals surface area contributed by atoms with Gasteiger partial charge in [0, 0.05) is 24.8 Å². The van der Waals surface area contributed by atoms with Crippen molar-refractivity contribution in [2.45, 2.75) is 44.4 Å². The van der Waals surface area contributed by atoms with E-state index in [1.54, 1.807) is 23.1 Å². The summed E-state index contributed by atoms with van der Waals surface area (Å²) in [6, 6.07) is 6.93. The van der Waals surface area contributed by atoms with Crippen molar-refractivity contribution in [3.63, 3.8) is 0 Å². The molecule has 1 aliphatic carbocycles. The second-order valence-electron chi connectivity index (χ2n) is 5.29. The molecule has 0 spiro atoms. The SMILES string of the molecule is O=C(C1CCCO1)N(Cc1ccccc1F)C1CC1. The lowest BCUT2D eigenvalue weighted by Gasteiger charge is -2.25. The zero-order valence-electron chi connectivity index (χ0n) is 10.8. The molecule has 0 aromatic heterocycles. The maximum Gasteiger partial charge on any atom is 0.252 e. The van der Waals surface area contributed by atoms with Gasteiger partial charge in [-0.05, 0) is 31.7 Å². The summed E-state index contributed by atoms with van der Waals surface area (Å²) in [5.74, 6) is -0.212. The molecule has 1 heterocycles. The standard InChI is InChI=1S/C15H18FNO2/c16-13-5-2-1-4-11(13)10-17(12-7-8-12)15(18)14-6-3-9-19-14/h1-2,4-5,12,14H,3,6-10H2. The summed E-state index contributed by atoms with van der Waals surface area (Å²) in [5.41, 5.74) is 0.584. The fraction of sp³-hybridized carbons (Fsp3) is 0.533. The third-order valence-electron chi connectivity index (χ3n) is 3.77. The number of rotatable bonds is 4. The Labute approximate surface area is 112 Å². The van der Waals surface area contributed by atoms with Crippen LogP contribution in [0.4, 0.5) is 4.39 Å². The number of carbonyl (C=O) groups is 1. The minimum Gasteiger partial charge on any atom is -0.368 e. The fourth-order valence-electron chi connectivity index (χ4n) is 2.54. The number of carbonyl (C=O) groups excluding carboxylic acids is 1. The van der Waals surface area contributed by atoms with E-state index in [1.165, 1.54) is 6.07 Å². The molecule has 1 aromatic carbocycles. The van der Waals surface area contributed by atoms with Gasteiger partial charge in [-0.15, -0.1) is 0 Å². The molecule has 19 heavy (non-hydrogen) atoms. The van der Waals surface area contributed by atoms with E-state index in [-0.39, 0.29) is 23.9 Å². The normalized spacial score (nSPS) is 22.5. The first-order valence-electron chi connectivity index (χ1n) is 6.91. The molecule has 2 fully saturated rings. The molecule has 4 heteroatoms. The molecule has 2 aliphatic rings. The highest BCUT2D eigenvalue weighted by atomic mass is 19.1. The molecule has 0 radical (unpaired) electrons. The predicted octanol–water partition coefficient (Wildman–Crippen LogP) is 2.50. The monoisotopic (exact) mass is 263 g/mol. The van der Waals surface area contributed by atoms with Crippen molar-refractivity contribution in [2.75, 3.05) is 6.61 Å². The molecular formula is C15H18FNO2. The van der Waals surface area contributed by atoms with Crippen molar-refractivity contribution in [1.82, 2.24) is 4.90 Å². The Hall–Kier alpha value is -1.42. The smallest absolute Gasteiger partial charge is 0.252 e. The van der Waals surface area contributed by atoms with Gasteiger partial charge in [-0.2, -0.15) is 0 Å². The van der Waals surface area contributed by atoms with Crippen molar-refractivity contribution in [1.29, 1.82) is 0 Å². The van der Waals surface area contributed by atoms with Gasteiger partial charge in [0.15, 0.2) is 0 Å². The van der Waals surface area contributed by atoms with Crippen LogP contribution in [0.1, 0.15) is 31.2 Å². The quantitative estimate of drug-likeness (QED) is 0.835. The maximum atomic E-state index is 13.7. The van der Waals surface area contributed by atoms with Crippen molar-refractivity contribution >= 4 is 5.91 Å². The average Bonchev–Trinajstić information content (AvgIpc) is 3.11. The molecule has 1 saturated carbocycles. The first-order valence-corrected chi connectivity index (χ1v) is 6.91. The van der Waals surface area contributed by atoms with Crippen molar-refractivity contribution < 1.29 is 13.9 Å². The summed E-state index contributed by atoms with van der Waals surface area (Å²) >= 11 is 0. The van der Waals surface area contributed by atoms with Gasteiger partial charge in [-0.25, -0.2) is 4.39 Å². The van der Waals surface area contributed by atoms with Gasteiger partial charge in [0.25, 0.3) is 5.91 Å². The summed E-state index contributed by atoms with van der Waals surface area (Å²) in [6.07, 6.45) is 3.46. The van der Waals surface area contributed by atoms with Crippen molar-refractivity contribution in [3.8, 4) is 0 Å². The topological polar surface area (TPSA) is 29.5 Å². The highest BCUT2D eigenvalue weighted by Gasteiger charge is 2.37. The second kappa shape index (κ2) is 5.29. The fourth-order valence-corrected chi connectivity index (χ4v) is 2.54. The number of benzene rings is 1. The number of halogens is 1. The molecule has 102 valence electrons. The third kappa shape index (κ3) is 2.78. The molecule has 3 nitrogen and oxygen atoms in total. The maximum absolute atomic E-state index is 13.7. The van der Waals surface area contributed by atoms with Crippen LogP contribution in [0.15, 0.2) is 24.3 Å². The van der Waals surface area contributed by atoms with Crippen LogP contribution < -0.4 is 0 Å². The Balaban J connectivity index is 1.74. The largest absolute Gasteiger partial charge is 0.368 e. The number of hydrogen-bond acceptors (Lipinski definition) is 2. The summed E-state index contributed by atoms with van der Waals surface area (Å²) in [5, 5.41) is 0. The summed E-state index contributed by atoms with van der Waals surface area (Å²) in [7, 11) is 0. The Bertz CT molecular complexity index is 467. The van der Waals surface area contributed by atoms with Crippen LogP contribution in [0.5, 0.6) is 0 Å². The highest BCUT2D eigenvalue weighted by Crippen LogP contribution is 2.31. The lowest BCUT2D eigenvalue weighted by molar-refractivity contribution is -0.142. The van der Waals surface area contributed by atoms with Gasteiger partial charge < -0.3 is 9.64 Å². The van der Waals surface area contributed by atoms with Gasteiger partial charge in [0.05, 0.1) is 0 Å². The van der Waals surface area contributed by atoms with Crippen LogP contribution in [0.2, 0.25) is 0 Å². The lowest BCUT2D eigenvalue weighted by Crippen LogP contribution is -2.40. The van der Waals surface area contributed by atoms with Gasteiger partial charge in [0.1, 0.15) is 11.9 Å². The molecule has 1 saturated heterocycles. The summed E-state index contributed by atoms with van der Waals surface area (Å²) < 4.78 is 19.2. The Morgan fingerprint density at radius 2 is 2.11 bits per heavy atom. The number of amides is 1. The Kier molecular flexibility index (Phi) is 3.51. The predicted molar refractivity (Wildman–Crippen MR) is 68.9 cm³/mol. The van der Waals surface area contributed by atoms with Gasteiger partial charge in [-0.3, -0.25) is 4.79 Å². The van der Waals surface area contributed by atoms with E-state index < -0.39 is 0 Å².